The fraction of sp³-hybridized carbons (Fsp3) is 1.00. The van der Waals surface area contributed by atoms with Gasteiger partial charge in [-0.3, -0.25) is 0 Å². The van der Waals surface area contributed by atoms with Gasteiger partial charge < -0.3 is 0 Å². The molecule has 0 saturated heterocycles. The highest BCUT2D eigenvalue weighted by atomic mass is 19.4. The standard InChI is InChI=1S/C14H19F9/c1-4-9-5-8(10(15)7(2)12(9,16)17)6-11(3,13(18,19)20)14(21,22)23/h7-10H,4-6H2,1-3H3. The van der Waals surface area contributed by atoms with Crippen molar-refractivity contribution in [3.05, 3.63) is 0 Å². The normalized spacial score (nSPS) is 32.9. The van der Waals surface area contributed by atoms with Crippen LogP contribution < -0.4 is 0 Å². The fourth-order valence-electron chi connectivity index (χ4n) is 3.20. The molecule has 1 aliphatic rings. The molecular weight excluding hydrogens is 339 g/mol. The van der Waals surface area contributed by atoms with Crippen molar-refractivity contribution in [3.8, 4) is 0 Å². The van der Waals surface area contributed by atoms with Crippen LogP contribution in [0.25, 0.3) is 0 Å². The monoisotopic (exact) mass is 358 g/mol. The first-order valence-corrected chi connectivity index (χ1v) is 7.25. The number of hydrogen-bond acceptors (Lipinski definition) is 0. The Morgan fingerprint density at radius 3 is 1.78 bits per heavy atom. The molecule has 0 spiro atoms. The summed E-state index contributed by atoms with van der Waals surface area (Å²) in [5.74, 6) is -8.52. The number of alkyl halides is 9. The first-order valence-electron chi connectivity index (χ1n) is 7.25. The van der Waals surface area contributed by atoms with E-state index in [1.165, 1.54) is 6.92 Å². The van der Waals surface area contributed by atoms with E-state index in [1.54, 1.807) is 0 Å². The van der Waals surface area contributed by atoms with Crippen molar-refractivity contribution < 1.29 is 39.5 Å². The van der Waals surface area contributed by atoms with Crippen LogP contribution in [0.5, 0.6) is 0 Å². The van der Waals surface area contributed by atoms with Gasteiger partial charge in [0.2, 0.25) is 0 Å². The molecule has 0 aromatic carbocycles. The molecular formula is C14H19F9. The van der Waals surface area contributed by atoms with E-state index in [1.807, 2.05) is 0 Å². The summed E-state index contributed by atoms with van der Waals surface area (Å²) in [7, 11) is 0. The molecule has 4 unspecified atom stereocenters. The minimum atomic E-state index is -5.64. The van der Waals surface area contributed by atoms with E-state index < -0.39 is 60.5 Å². The fourth-order valence-corrected chi connectivity index (χ4v) is 3.20. The Morgan fingerprint density at radius 1 is 1.00 bits per heavy atom. The SMILES string of the molecule is CCC1CC(CC(C)(C(F)(F)F)C(F)(F)F)C(F)C(C)C1(F)F. The van der Waals surface area contributed by atoms with Gasteiger partial charge >= 0.3 is 12.4 Å². The lowest BCUT2D eigenvalue weighted by molar-refractivity contribution is -0.342. The van der Waals surface area contributed by atoms with E-state index in [4.69, 9.17) is 0 Å². The molecule has 0 amide bonds. The van der Waals surface area contributed by atoms with Gasteiger partial charge in [0, 0.05) is 5.92 Å². The first kappa shape index (κ1) is 20.4. The van der Waals surface area contributed by atoms with Gasteiger partial charge in [0.05, 0.1) is 5.92 Å². The van der Waals surface area contributed by atoms with E-state index in [-0.39, 0.29) is 13.3 Å². The summed E-state index contributed by atoms with van der Waals surface area (Å²) in [6, 6.07) is 0. The van der Waals surface area contributed by atoms with Crippen LogP contribution >= 0.6 is 0 Å². The maximum atomic E-state index is 14.1. The topological polar surface area (TPSA) is 0 Å². The third-order valence-corrected chi connectivity index (χ3v) is 5.08. The Morgan fingerprint density at radius 2 is 1.43 bits per heavy atom. The van der Waals surface area contributed by atoms with Gasteiger partial charge in [0.15, 0.2) is 5.41 Å². The minimum Gasteiger partial charge on any atom is -0.247 e. The van der Waals surface area contributed by atoms with Crippen LogP contribution in [0.1, 0.15) is 40.0 Å². The molecule has 0 bridgehead atoms. The van der Waals surface area contributed by atoms with Crippen LogP contribution in [-0.2, 0) is 0 Å². The lowest BCUT2D eigenvalue weighted by atomic mass is 9.65. The van der Waals surface area contributed by atoms with E-state index in [2.05, 4.69) is 0 Å². The highest BCUT2D eigenvalue weighted by Gasteiger charge is 2.69. The van der Waals surface area contributed by atoms with Gasteiger partial charge in [0.25, 0.3) is 5.92 Å². The molecule has 0 aromatic rings. The van der Waals surface area contributed by atoms with Gasteiger partial charge in [-0.1, -0.05) is 13.8 Å². The van der Waals surface area contributed by atoms with Crippen LogP contribution in [0.15, 0.2) is 0 Å². The van der Waals surface area contributed by atoms with Crippen molar-refractivity contribution in [2.75, 3.05) is 0 Å². The molecule has 0 radical (unpaired) electrons. The predicted molar refractivity (Wildman–Crippen MR) is 65.7 cm³/mol. The van der Waals surface area contributed by atoms with Crippen molar-refractivity contribution in [1.29, 1.82) is 0 Å². The number of hydrogen-bond donors (Lipinski definition) is 0. The van der Waals surface area contributed by atoms with Gasteiger partial charge in [-0.2, -0.15) is 26.3 Å². The molecule has 0 aromatic heterocycles. The summed E-state index contributed by atoms with van der Waals surface area (Å²) in [6.07, 6.45) is -16.1. The second-order valence-corrected chi connectivity index (χ2v) is 6.54. The first-order chi connectivity index (χ1) is 10.1. The van der Waals surface area contributed by atoms with Crippen LogP contribution in [0.3, 0.4) is 0 Å². The second kappa shape index (κ2) is 6.02. The molecule has 0 heterocycles. The molecule has 23 heavy (non-hydrogen) atoms. The Bertz CT molecular complexity index is 391. The average molecular weight is 358 g/mol. The van der Waals surface area contributed by atoms with Crippen LogP contribution in [0.4, 0.5) is 39.5 Å². The molecule has 1 rings (SSSR count). The van der Waals surface area contributed by atoms with Crippen LogP contribution in [0, 0.1) is 23.2 Å². The molecule has 138 valence electrons. The zero-order valence-electron chi connectivity index (χ0n) is 12.8. The Hall–Kier alpha value is -0.630. The van der Waals surface area contributed by atoms with Gasteiger partial charge in [0.1, 0.15) is 6.17 Å². The van der Waals surface area contributed by atoms with Crippen molar-refractivity contribution in [2.45, 2.75) is 64.5 Å². The molecule has 1 aliphatic carbocycles. The zero-order valence-corrected chi connectivity index (χ0v) is 12.8. The summed E-state index contributed by atoms with van der Waals surface area (Å²) in [5, 5.41) is 0. The van der Waals surface area contributed by atoms with Gasteiger partial charge in [-0.15, -0.1) is 0 Å². The van der Waals surface area contributed by atoms with Crippen molar-refractivity contribution >= 4 is 0 Å². The maximum absolute atomic E-state index is 14.1. The molecule has 0 nitrogen and oxygen atoms in total. The third-order valence-electron chi connectivity index (χ3n) is 5.08. The van der Waals surface area contributed by atoms with E-state index in [0.29, 0.717) is 0 Å². The molecule has 4 atom stereocenters. The average Bonchev–Trinajstić information content (AvgIpc) is 2.37. The molecule has 1 fully saturated rings. The Labute approximate surface area is 128 Å². The lowest BCUT2D eigenvalue weighted by Gasteiger charge is -2.45. The quantitative estimate of drug-likeness (QED) is 0.530. The lowest BCUT2D eigenvalue weighted by Crippen LogP contribution is -2.54. The smallest absolute Gasteiger partial charge is 0.247 e. The summed E-state index contributed by atoms with van der Waals surface area (Å²) in [6.45, 7) is 2.14. The van der Waals surface area contributed by atoms with Crippen LogP contribution in [0.2, 0.25) is 0 Å². The summed E-state index contributed by atoms with van der Waals surface area (Å²) in [4.78, 5) is 0. The van der Waals surface area contributed by atoms with E-state index in [0.717, 1.165) is 6.92 Å². The number of rotatable bonds is 3. The summed E-state index contributed by atoms with van der Waals surface area (Å²) < 4.78 is 119. The molecule has 0 aliphatic heterocycles. The van der Waals surface area contributed by atoms with Crippen LogP contribution in [-0.4, -0.2) is 24.4 Å². The van der Waals surface area contributed by atoms with Crippen molar-refractivity contribution in [3.63, 3.8) is 0 Å². The Balaban J connectivity index is 3.15. The van der Waals surface area contributed by atoms with Gasteiger partial charge in [-0.25, -0.2) is 13.2 Å². The highest BCUT2D eigenvalue weighted by molar-refractivity contribution is 5.00. The van der Waals surface area contributed by atoms with Gasteiger partial charge in [-0.05, 0) is 32.1 Å². The molecule has 9 heteroatoms. The largest absolute Gasteiger partial charge is 0.402 e. The van der Waals surface area contributed by atoms with E-state index >= 15 is 0 Å². The zero-order chi connectivity index (χ0) is 18.4. The summed E-state index contributed by atoms with van der Waals surface area (Å²) in [5.41, 5.74) is -4.13. The van der Waals surface area contributed by atoms with E-state index in [9.17, 15) is 39.5 Å². The third kappa shape index (κ3) is 3.43. The minimum absolute atomic E-state index is 0.0436. The maximum Gasteiger partial charge on any atom is 0.402 e. The second-order valence-electron chi connectivity index (χ2n) is 6.54. The highest BCUT2D eigenvalue weighted by Crippen LogP contribution is 2.57. The molecule has 0 N–H and O–H groups in total. The van der Waals surface area contributed by atoms with Crippen molar-refractivity contribution in [1.82, 2.24) is 0 Å². The Kier molecular flexibility index (Phi) is 5.35. The summed E-state index contributed by atoms with van der Waals surface area (Å²) >= 11 is 0. The number of halogens is 9. The predicted octanol–water partition coefficient (Wildman–Crippen LogP) is 6.16. The van der Waals surface area contributed by atoms with Crippen molar-refractivity contribution in [2.24, 2.45) is 23.2 Å². The molecule has 1 saturated carbocycles.